The SMILES string of the molecule is Cc1ccc(C)c(C(C(=O)Oc2ccc3cncnc3c2)C(C)C)c1. The standard InChI is InChI=1S/C21H22N2O2/c1-13(2)20(18-9-14(3)5-6-15(18)4)21(24)25-17-8-7-16-11-22-12-23-19(16)10-17/h5-13,20H,1-4H3. The van der Waals surface area contributed by atoms with Gasteiger partial charge < -0.3 is 4.74 Å². The van der Waals surface area contributed by atoms with E-state index in [1.807, 2.05) is 33.8 Å². The normalized spacial score (nSPS) is 12.4. The molecular formula is C21H22N2O2. The summed E-state index contributed by atoms with van der Waals surface area (Å²) in [6.45, 7) is 8.15. The van der Waals surface area contributed by atoms with E-state index in [2.05, 4.69) is 28.2 Å². The Kier molecular flexibility index (Phi) is 4.79. The molecule has 3 aromatic rings. The quantitative estimate of drug-likeness (QED) is 0.517. The molecule has 0 saturated carbocycles. The van der Waals surface area contributed by atoms with Crippen molar-refractivity contribution in [1.29, 1.82) is 0 Å². The lowest BCUT2D eigenvalue weighted by molar-refractivity contribution is -0.137. The first-order chi connectivity index (χ1) is 12.0. The number of fused-ring (bicyclic) bond motifs is 1. The Morgan fingerprint density at radius 1 is 1.08 bits per heavy atom. The highest BCUT2D eigenvalue weighted by molar-refractivity contribution is 5.83. The van der Waals surface area contributed by atoms with Gasteiger partial charge in [-0.15, -0.1) is 0 Å². The van der Waals surface area contributed by atoms with Crippen LogP contribution in [-0.4, -0.2) is 15.9 Å². The largest absolute Gasteiger partial charge is 0.426 e. The summed E-state index contributed by atoms with van der Waals surface area (Å²) in [6, 6.07) is 11.6. The molecule has 2 aromatic carbocycles. The number of aryl methyl sites for hydroxylation is 2. The minimum absolute atomic E-state index is 0.135. The van der Waals surface area contributed by atoms with E-state index >= 15 is 0 Å². The number of carbonyl (C=O) groups is 1. The lowest BCUT2D eigenvalue weighted by Crippen LogP contribution is -2.24. The molecule has 25 heavy (non-hydrogen) atoms. The molecule has 1 heterocycles. The third-order valence-corrected chi connectivity index (χ3v) is 4.39. The number of carbonyl (C=O) groups excluding carboxylic acids is 1. The van der Waals surface area contributed by atoms with E-state index in [4.69, 9.17) is 4.74 Å². The van der Waals surface area contributed by atoms with Gasteiger partial charge in [0.05, 0.1) is 11.4 Å². The Morgan fingerprint density at radius 3 is 2.64 bits per heavy atom. The smallest absolute Gasteiger partial charge is 0.319 e. The molecule has 0 aliphatic rings. The van der Waals surface area contributed by atoms with Crippen LogP contribution in [0, 0.1) is 19.8 Å². The summed E-state index contributed by atoms with van der Waals surface area (Å²) in [6.07, 6.45) is 3.22. The average molecular weight is 334 g/mol. The van der Waals surface area contributed by atoms with Crippen LogP contribution in [-0.2, 0) is 4.79 Å². The molecule has 1 unspecified atom stereocenters. The summed E-state index contributed by atoms with van der Waals surface area (Å²) in [5.41, 5.74) is 4.03. The number of rotatable bonds is 4. The number of esters is 1. The van der Waals surface area contributed by atoms with Crippen molar-refractivity contribution in [2.45, 2.75) is 33.6 Å². The van der Waals surface area contributed by atoms with Gasteiger partial charge >= 0.3 is 5.97 Å². The summed E-state index contributed by atoms with van der Waals surface area (Å²) >= 11 is 0. The van der Waals surface area contributed by atoms with Gasteiger partial charge in [0.1, 0.15) is 12.1 Å². The monoisotopic (exact) mass is 334 g/mol. The first kappa shape index (κ1) is 17.1. The fourth-order valence-corrected chi connectivity index (χ4v) is 3.05. The molecule has 4 heteroatoms. The molecule has 0 bridgehead atoms. The van der Waals surface area contributed by atoms with Crippen molar-refractivity contribution >= 4 is 16.9 Å². The van der Waals surface area contributed by atoms with Crippen LogP contribution in [0.1, 0.15) is 36.5 Å². The van der Waals surface area contributed by atoms with Crippen LogP contribution in [0.25, 0.3) is 10.9 Å². The van der Waals surface area contributed by atoms with Crippen LogP contribution in [0.4, 0.5) is 0 Å². The second-order valence-corrected chi connectivity index (χ2v) is 6.75. The molecule has 4 nitrogen and oxygen atoms in total. The van der Waals surface area contributed by atoms with Gasteiger partial charge in [-0.2, -0.15) is 0 Å². The van der Waals surface area contributed by atoms with Crippen molar-refractivity contribution in [3.8, 4) is 5.75 Å². The number of benzene rings is 2. The van der Waals surface area contributed by atoms with Crippen molar-refractivity contribution in [2.75, 3.05) is 0 Å². The Bertz CT molecular complexity index is 919. The van der Waals surface area contributed by atoms with E-state index in [0.29, 0.717) is 5.75 Å². The van der Waals surface area contributed by atoms with Crippen molar-refractivity contribution in [3.05, 3.63) is 65.6 Å². The summed E-state index contributed by atoms with van der Waals surface area (Å²) in [5.74, 6) is 0.0982. The van der Waals surface area contributed by atoms with E-state index in [0.717, 1.165) is 27.6 Å². The molecule has 0 N–H and O–H groups in total. The molecule has 3 rings (SSSR count). The number of hydrogen-bond acceptors (Lipinski definition) is 4. The molecule has 1 atom stereocenters. The fourth-order valence-electron chi connectivity index (χ4n) is 3.05. The molecule has 0 aliphatic carbocycles. The number of aromatic nitrogens is 2. The van der Waals surface area contributed by atoms with E-state index in [1.165, 1.54) is 6.33 Å². The molecular weight excluding hydrogens is 312 g/mol. The lowest BCUT2D eigenvalue weighted by Gasteiger charge is -2.22. The van der Waals surface area contributed by atoms with Crippen LogP contribution >= 0.6 is 0 Å². The zero-order chi connectivity index (χ0) is 18.0. The van der Waals surface area contributed by atoms with Crippen LogP contribution in [0.3, 0.4) is 0 Å². The second kappa shape index (κ2) is 7.01. The summed E-state index contributed by atoms with van der Waals surface area (Å²) in [4.78, 5) is 21.1. The maximum Gasteiger partial charge on any atom is 0.319 e. The maximum atomic E-state index is 12.9. The minimum Gasteiger partial charge on any atom is -0.426 e. The zero-order valence-corrected chi connectivity index (χ0v) is 15.0. The highest BCUT2D eigenvalue weighted by atomic mass is 16.5. The molecule has 0 fully saturated rings. The Labute approximate surface area is 147 Å². The van der Waals surface area contributed by atoms with Crippen LogP contribution in [0.15, 0.2) is 48.9 Å². The van der Waals surface area contributed by atoms with Crippen molar-refractivity contribution in [3.63, 3.8) is 0 Å². The van der Waals surface area contributed by atoms with Crippen LogP contribution in [0.5, 0.6) is 5.75 Å². The number of hydrogen-bond donors (Lipinski definition) is 0. The first-order valence-electron chi connectivity index (χ1n) is 8.44. The van der Waals surface area contributed by atoms with Crippen molar-refractivity contribution in [2.24, 2.45) is 5.92 Å². The van der Waals surface area contributed by atoms with E-state index in [9.17, 15) is 4.79 Å². The zero-order valence-electron chi connectivity index (χ0n) is 15.0. The van der Waals surface area contributed by atoms with Gasteiger partial charge in [-0.1, -0.05) is 37.6 Å². The fraction of sp³-hybridized carbons (Fsp3) is 0.286. The van der Waals surface area contributed by atoms with Crippen LogP contribution < -0.4 is 4.74 Å². The van der Waals surface area contributed by atoms with E-state index < -0.39 is 0 Å². The Balaban J connectivity index is 1.91. The van der Waals surface area contributed by atoms with Gasteiger partial charge in [0, 0.05) is 17.6 Å². The predicted octanol–water partition coefficient (Wildman–Crippen LogP) is 4.59. The molecule has 0 radical (unpaired) electrons. The molecule has 0 saturated heterocycles. The second-order valence-electron chi connectivity index (χ2n) is 6.75. The summed E-state index contributed by atoms with van der Waals surface area (Å²) in [5, 5.41) is 0.914. The van der Waals surface area contributed by atoms with Gasteiger partial charge in [-0.25, -0.2) is 9.97 Å². The van der Waals surface area contributed by atoms with Crippen molar-refractivity contribution in [1.82, 2.24) is 9.97 Å². The number of ether oxygens (including phenoxy) is 1. The Hall–Kier alpha value is -2.75. The van der Waals surface area contributed by atoms with Gasteiger partial charge in [0.25, 0.3) is 0 Å². The van der Waals surface area contributed by atoms with Crippen molar-refractivity contribution < 1.29 is 9.53 Å². The molecule has 1 aromatic heterocycles. The van der Waals surface area contributed by atoms with E-state index in [-0.39, 0.29) is 17.8 Å². The average Bonchev–Trinajstić information content (AvgIpc) is 2.58. The molecule has 0 spiro atoms. The molecule has 0 amide bonds. The van der Waals surface area contributed by atoms with E-state index in [1.54, 1.807) is 18.3 Å². The molecule has 128 valence electrons. The summed E-state index contributed by atoms with van der Waals surface area (Å²) < 4.78 is 5.70. The lowest BCUT2D eigenvalue weighted by atomic mass is 9.85. The molecule has 0 aliphatic heterocycles. The highest BCUT2D eigenvalue weighted by Crippen LogP contribution is 2.30. The number of nitrogens with zero attached hydrogens (tertiary/aromatic N) is 2. The summed E-state index contributed by atoms with van der Waals surface area (Å²) in [7, 11) is 0. The third-order valence-electron chi connectivity index (χ3n) is 4.39. The predicted molar refractivity (Wildman–Crippen MR) is 98.7 cm³/mol. The minimum atomic E-state index is -0.305. The topological polar surface area (TPSA) is 52.1 Å². The van der Waals surface area contributed by atoms with Gasteiger partial charge in [-0.3, -0.25) is 4.79 Å². The first-order valence-corrected chi connectivity index (χ1v) is 8.44. The highest BCUT2D eigenvalue weighted by Gasteiger charge is 2.27. The van der Waals surface area contributed by atoms with Gasteiger partial charge in [0.2, 0.25) is 0 Å². The van der Waals surface area contributed by atoms with Crippen LogP contribution in [0.2, 0.25) is 0 Å². The Morgan fingerprint density at radius 2 is 1.88 bits per heavy atom. The third kappa shape index (κ3) is 3.68. The van der Waals surface area contributed by atoms with Gasteiger partial charge in [-0.05, 0) is 43.0 Å². The van der Waals surface area contributed by atoms with Gasteiger partial charge in [0.15, 0.2) is 0 Å². The maximum absolute atomic E-state index is 12.9.